The van der Waals surface area contributed by atoms with Crippen LogP contribution in [0.3, 0.4) is 0 Å². The van der Waals surface area contributed by atoms with Gasteiger partial charge in [-0.3, -0.25) is 14.2 Å². The normalized spacial score (nSPS) is 15.6. The first kappa shape index (κ1) is 18.3. The Labute approximate surface area is 156 Å². The summed E-state index contributed by atoms with van der Waals surface area (Å²) >= 11 is 7.36. The topological polar surface area (TPSA) is 64.0 Å². The van der Waals surface area contributed by atoms with Crippen LogP contribution in [0.25, 0.3) is 10.9 Å². The van der Waals surface area contributed by atoms with Gasteiger partial charge >= 0.3 is 0 Å². The lowest BCUT2D eigenvalue weighted by molar-refractivity contribution is -0.120. The molecule has 134 valence electrons. The first-order chi connectivity index (χ1) is 11.8. The first-order valence-electron chi connectivity index (χ1n) is 8.52. The van der Waals surface area contributed by atoms with Crippen LogP contribution in [0.1, 0.15) is 33.6 Å². The molecular formula is C18H22ClN3O2S. The minimum absolute atomic E-state index is 0.00551. The molecular weight excluding hydrogens is 358 g/mol. The molecule has 0 aliphatic heterocycles. The van der Waals surface area contributed by atoms with Crippen molar-refractivity contribution in [2.24, 2.45) is 5.92 Å². The molecule has 1 fully saturated rings. The second-order valence-corrected chi connectivity index (χ2v) is 8.65. The smallest absolute Gasteiger partial charge is 0.262 e. The predicted molar refractivity (Wildman–Crippen MR) is 102 cm³/mol. The van der Waals surface area contributed by atoms with E-state index in [1.165, 1.54) is 11.8 Å². The molecule has 25 heavy (non-hydrogen) atoms. The summed E-state index contributed by atoms with van der Waals surface area (Å²) < 4.78 is 1.66. The van der Waals surface area contributed by atoms with Crippen LogP contribution >= 0.6 is 23.4 Å². The number of hydrogen-bond donors (Lipinski definition) is 1. The molecule has 5 nitrogen and oxygen atoms in total. The molecule has 0 saturated heterocycles. The molecule has 7 heteroatoms. The van der Waals surface area contributed by atoms with Gasteiger partial charge in [0.2, 0.25) is 5.91 Å². The standard InChI is InChI=1S/C18H22ClN3O2S/c1-10(2)9-22-17(24)14-8-12(19)4-7-15(14)21-18(22)25-11(3)16(23)20-13-5-6-13/h4,7-8,10-11,13H,5-6,9H2,1-3H3,(H,20,23)/t11-/m1/s1. The minimum atomic E-state index is -0.310. The molecule has 0 unspecified atom stereocenters. The molecule has 1 aliphatic rings. The van der Waals surface area contributed by atoms with Crippen LogP contribution in [0, 0.1) is 5.92 Å². The van der Waals surface area contributed by atoms with Crippen molar-refractivity contribution in [2.45, 2.75) is 56.6 Å². The lowest BCUT2D eigenvalue weighted by atomic mass is 10.2. The van der Waals surface area contributed by atoms with Crippen molar-refractivity contribution in [2.75, 3.05) is 0 Å². The maximum atomic E-state index is 12.9. The average Bonchev–Trinajstić information content (AvgIpc) is 3.35. The summed E-state index contributed by atoms with van der Waals surface area (Å²) in [6.45, 7) is 6.49. The number of rotatable bonds is 6. The zero-order valence-corrected chi connectivity index (χ0v) is 16.2. The predicted octanol–water partition coefficient (Wildman–Crippen LogP) is 3.47. The Morgan fingerprint density at radius 1 is 1.40 bits per heavy atom. The van der Waals surface area contributed by atoms with Crippen molar-refractivity contribution in [1.29, 1.82) is 0 Å². The van der Waals surface area contributed by atoms with E-state index in [1.807, 2.05) is 20.8 Å². The monoisotopic (exact) mass is 379 g/mol. The maximum Gasteiger partial charge on any atom is 0.262 e. The minimum Gasteiger partial charge on any atom is -0.352 e. The summed E-state index contributed by atoms with van der Waals surface area (Å²) in [6, 6.07) is 5.44. The number of thioether (sulfide) groups is 1. The van der Waals surface area contributed by atoms with Gasteiger partial charge in [0.05, 0.1) is 16.2 Å². The van der Waals surface area contributed by atoms with Crippen molar-refractivity contribution in [3.63, 3.8) is 0 Å². The number of aromatic nitrogens is 2. The highest BCUT2D eigenvalue weighted by molar-refractivity contribution is 8.00. The van der Waals surface area contributed by atoms with Crippen molar-refractivity contribution in [3.05, 3.63) is 33.6 Å². The summed E-state index contributed by atoms with van der Waals surface area (Å²) in [5, 5.41) is 4.29. The van der Waals surface area contributed by atoms with Gasteiger partial charge in [0.25, 0.3) is 5.56 Å². The lowest BCUT2D eigenvalue weighted by Crippen LogP contribution is -2.33. The molecule has 2 aromatic rings. The number of halogens is 1. The van der Waals surface area contributed by atoms with Crippen LogP contribution in [0.5, 0.6) is 0 Å². The fraction of sp³-hybridized carbons (Fsp3) is 0.500. The molecule has 0 radical (unpaired) electrons. The van der Waals surface area contributed by atoms with Gasteiger partial charge in [0, 0.05) is 17.6 Å². The molecule has 1 heterocycles. The second kappa shape index (κ2) is 7.38. The molecule has 0 spiro atoms. The first-order valence-corrected chi connectivity index (χ1v) is 9.78. The zero-order valence-electron chi connectivity index (χ0n) is 14.6. The number of fused-ring (bicyclic) bond motifs is 1. The third-order valence-corrected chi connectivity index (χ3v) is 5.33. The number of benzene rings is 1. The lowest BCUT2D eigenvalue weighted by Gasteiger charge is -2.17. The average molecular weight is 380 g/mol. The van der Waals surface area contributed by atoms with E-state index >= 15 is 0 Å². The Hall–Kier alpha value is -1.53. The molecule has 1 atom stereocenters. The van der Waals surface area contributed by atoms with Crippen LogP contribution in [0.4, 0.5) is 0 Å². The van der Waals surface area contributed by atoms with Crippen LogP contribution in [0.15, 0.2) is 28.2 Å². The van der Waals surface area contributed by atoms with Gasteiger partial charge < -0.3 is 5.32 Å². The highest BCUT2D eigenvalue weighted by Gasteiger charge is 2.27. The van der Waals surface area contributed by atoms with Crippen LogP contribution in [-0.4, -0.2) is 26.8 Å². The Morgan fingerprint density at radius 3 is 2.76 bits per heavy atom. The van der Waals surface area contributed by atoms with E-state index < -0.39 is 0 Å². The summed E-state index contributed by atoms with van der Waals surface area (Å²) in [5.74, 6) is 0.278. The molecule has 1 saturated carbocycles. The largest absolute Gasteiger partial charge is 0.352 e. The van der Waals surface area contributed by atoms with Gasteiger partial charge in [-0.25, -0.2) is 4.98 Å². The molecule has 1 N–H and O–H groups in total. The van der Waals surface area contributed by atoms with Gasteiger partial charge in [-0.2, -0.15) is 0 Å². The number of carbonyl (C=O) groups is 1. The highest BCUT2D eigenvalue weighted by Crippen LogP contribution is 2.26. The number of hydrogen-bond acceptors (Lipinski definition) is 4. The molecule has 3 rings (SSSR count). The van der Waals surface area contributed by atoms with E-state index in [0.717, 1.165) is 12.8 Å². The van der Waals surface area contributed by atoms with E-state index in [-0.39, 0.29) is 22.6 Å². The summed E-state index contributed by atoms with van der Waals surface area (Å²) in [4.78, 5) is 29.8. The van der Waals surface area contributed by atoms with Gasteiger partial charge in [0.1, 0.15) is 0 Å². The molecule has 1 amide bonds. The van der Waals surface area contributed by atoms with E-state index in [0.29, 0.717) is 33.7 Å². The third-order valence-electron chi connectivity index (χ3n) is 4.00. The Morgan fingerprint density at radius 2 is 2.12 bits per heavy atom. The Bertz CT molecular complexity index is 861. The summed E-state index contributed by atoms with van der Waals surface area (Å²) in [7, 11) is 0. The molecule has 1 aromatic heterocycles. The fourth-order valence-electron chi connectivity index (χ4n) is 2.55. The maximum absolute atomic E-state index is 12.9. The van der Waals surface area contributed by atoms with Crippen molar-refractivity contribution in [1.82, 2.24) is 14.9 Å². The van der Waals surface area contributed by atoms with E-state index in [9.17, 15) is 9.59 Å². The van der Waals surface area contributed by atoms with Crippen LogP contribution in [0.2, 0.25) is 5.02 Å². The van der Waals surface area contributed by atoms with Gasteiger partial charge in [-0.1, -0.05) is 37.2 Å². The van der Waals surface area contributed by atoms with Crippen LogP contribution in [-0.2, 0) is 11.3 Å². The van der Waals surface area contributed by atoms with E-state index in [2.05, 4.69) is 10.3 Å². The highest BCUT2D eigenvalue weighted by atomic mass is 35.5. The Kier molecular flexibility index (Phi) is 5.39. The van der Waals surface area contributed by atoms with Gasteiger partial charge in [-0.05, 0) is 43.9 Å². The number of nitrogens with one attached hydrogen (secondary N) is 1. The van der Waals surface area contributed by atoms with Crippen molar-refractivity contribution < 1.29 is 4.79 Å². The number of carbonyl (C=O) groups excluding carboxylic acids is 1. The van der Waals surface area contributed by atoms with E-state index in [4.69, 9.17) is 11.6 Å². The second-order valence-electron chi connectivity index (χ2n) is 6.91. The van der Waals surface area contributed by atoms with E-state index in [1.54, 1.807) is 22.8 Å². The fourth-order valence-corrected chi connectivity index (χ4v) is 3.65. The van der Waals surface area contributed by atoms with Crippen LogP contribution < -0.4 is 10.9 Å². The molecule has 1 aliphatic carbocycles. The Balaban J connectivity index is 1.97. The van der Waals surface area contributed by atoms with Gasteiger partial charge in [-0.15, -0.1) is 0 Å². The quantitative estimate of drug-likeness (QED) is 0.616. The number of nitrogens with zero attached hydrogens (tertiary/aromatic N) is 2. The van der Waals surface area contributed by atoms with Crippen molar-refractivity contribution in [3.8, 4) is 0 Å². The molecule has 0 bridgehead atoms. The zero-order chi connectivity index (χ0) is 18.1. The van der Waals surface area contributed by atoms with Crippen molar-refractivity contribution >= 4 is 40.2 Å². The number of amides is 1. The van der Waals surface area contributed by atoms with Gasteiger partial charge in [0.15, 0.2) is 5.16 Å². The third kappa shape index (κ3) is 4.36. The summed E-state index contributed by atoms with van der Waals surface area (Å²) in [6.07, 6.45) is 2.10. The summed E-state index contributed by atoms with van der Waals surface area (Å²) in [5.41, 5.74) is 0.491. The molecule has 1 aromatic carbocycles. The SMILES string of the molecule is CC(C)Cn1c(S[C@H](C)C(=O)NC2CC2)nc2ccc(Cl)cc2c1=O.